The minimum absolute atomic E-state index is 0.0841. The van der Waals surface area contributed by atoms with Gasteiger partial charge in [0.25, 0.3) is 5.91 Å². The van der Waals surface area contributed by atoms with Gasteiger partial charge in [0.2, 0.25) is 0 Å². The maximum atomic E-state index is 11.8. The van der Waals surface area contributed by atoms with Crippen LogP contribution in [0.25, 0.3) is 0 Å². The second kappa shape index (κ2) is 5.03. The highest BCUT2D eigenvalue weighted by atomic mass is 32.3. The molecule has 9 heteroatoms. The third kappa shape index (κ3) is 3.13. The van der Waals surface area contributed by atoms with Gasteiger partial charge in [-0.15, -0.1) is 0 Å². The first-order valence-corrected chi connectivity index (χ1v) is 7.31. The highest BCUT2D eigenvalue weighted by molar-refractivity contribution is 7.88. The lowest BCUT2D eigenvalue weighted by molar-refractivity contribution is 0.102. The van der Waals surface area contributed by atoms with Gasteiger partial charge < -0.3 is 0 Å². The van der Waals surface area contributed by atoms with E-state index in [9.17, 15) is 13.2 Å². The van der Waals surface area contributed by atoms with Crippen molar-refractivity contribution in [2.24, 2.45) is 0 Å². The van der Waals surface area contributed by atoms with Crippen molar-refractivity contribution in [2.45, 2.75) is 11.1 Å². The number of carbonyl (C=O) groups excluding carboxylic acids is 1. The van der Waals surface area contributed by atoms with E-state index >= 15 is 0 Å². The number of aromatic nitrogens is 2. The molecule has 0 saturated carbocycles. The number of hydrogen-bond acceptors (Lipinski definition) is 6. The van der Waals surface area contributed by atoms with Crippen LogP contribution in [0.4, 0.5) is 5.13 Å². The number of nitrogens with one attached hydrogen (secondary N) is 1. The first kappa shape index (κ1) is 13.6. The van der Waals surface area contributed by atoms with Crippen molar-refractivity contribution >= 4 is 32.5 Å². The van der Waals surface area contributed by atoms with E-state index in [1.54, 1.807) is 12.1 Å². The fraction of sp³-hybridized carbons (Fsp3) is 0.100. The summed E-state index contributed by atoms with van der Waals surface area (Å²) in [6.07, 6.45) is 1.46. The van der Waals surface area contributed by atoms with Crippen LogP contribution in [-0.2, 0) is 10.1 Å². The molecule has 19 heavy (non-hydrogen) atoms. The molecule has 2 aromatic heterocycles. The van der Waals surface area contributed by atoms with Crippen molar-refractivity contribution < 1.29 is 17.8 Å². The Morgan fingerprint density at radius 1 is 1.42 bits per heavy atom. The molecule has 0 radical (unpaired) electrons. The van der Waals surface area contributed by atoms with E-state index in [2.05, 4.69) is 15.3 Å². The number of anilines is 1. The summed E-state index contributed by atoms with van der Waals surface area (Å²) in [5.41, 5.74) is 0.313. The molecule has 0 saturated heterocycles. The lowest BCUT2D eigenvalue weighted by Crippen LogP contribution is -2.13. The zero-order valence-electron chi connectivity index (χ0n) is 9.69. The Morgan fingerprint density at radius 2 is 2.16 bits per heavy atom. The van der Waals surface area contributed by atoms with E-state index in [1.165, 1.54) is 19.2 Å². The van der Waals surface area contributed by atoms with Crippen LogP contribution in [0.5, 0.6) is 0 Å². The third-order valence-corrected chi connectivity index (χ3v) is 4.62. The lowest BCUT2D eigenvalue weighted by atomic mass is 10.3. The van der Waals surface area contributed by atoms with Crippen molar-refractivity contribution in [3.05, 3.63) is 35.8 Å². The minimum atomic E-state index is -4.32. The lowest BCUT2D eigenvalue weighted by Gasteiger charge is -1.99. The molecule has 0 atom stereocenters. The molecule has 0 aliphatic heterocycles. The summed E-state index contributed by atoms with van der Waals surface area (Å²) in [4.78, 5) is 19.5. The van der Waals surface area contributed by atoms with Gasteiger partial charge in [0.15, 0.2) is 9.34 Å². The SMILES string of the molecule is Cc1nc(NC(=O)c2ccccn2)sc1S(=O)(=O)O. The Hall–Kier alpha value is -1.84. The van der Waals surface area contributed by atoms with Crippen molar-refractivity contribution in [3.63, 3.8) is 0 Å². The topological polar surface area (TPSA) is 109 Å². The van der Waals surface area contributed by atoms with Crippen LogP contribution in [0.3, 0.4) is 0 Å². The number of aryl methyl sites for hydroxylation is 1. The summed E-state index contributed by atoms with van der Waals surface area (Å²) in [7, 11) is -4.32. The van der Waals surface area contributed by atoms with Crippen LogP contribution >= 0.6 is 11.3 Å². The summed E-state index contributed by atoms with van der Waals surface area (Å²) < 4.78 is 30.7. The Kier molecular flexibility index (Phi) is 3.60. The van der Waals surface area contributed by atoms with Gasteiger partial charge in [0.05, 0.1) is 5.69 Å². The molecule has 0 bridgehead atoms. The largest absolute Gasteiger partial charge is 0.306 e. The summed E-state index contributed by atoms with van der Waals surface area (Å²) in [6, 6.07) is 4.83. The van der Waals surface area contributed by atoms with E-state index in [4.69, 9.17) is 4.55 Å². The molecule has 0 fully saturated rings. The Morgan fingerprint density at radius 3 is 2.68 bits per heavy atom. The van der Waals surface area contributed by atoms with Gasteiger partial charge in [-0.3, -0.25) is 19.6 Å². The molecule has 0 aliphatic rings. The maximum absolute atomic E-state index is 11.8. The van der Waals surface area contributed by atoms with Crippen LogP contribution in [0.2, 0.25) is 0 Å². The quantitative estimate of drug-likeness (QED) is 0.828. The zero-order chi connectivity index (χ0) is 14.0. The number of thiazole rings is 1. The van der Waals surface area contributed by atoms with Crippen molar-refractivity contribution in [1.29, 1.82) is 0 Å². The molecular weight excluding hydrogens is 290 g/mol. The third-order valence-electron chi connectivity index (χ3n) is 2.11. The molecule has 2 N–H and O–H groups in total. The normalized spacial score (nSPS) is 11.3. The minimum Gasteiger partial charge on any atom is -0.296 e. The molecule has 1 amide bonds. The van der Waals surface area contributed by atoms with E-state index in [-0.39, 0.29) is 20.7 Å². The van der Waals surface area contributed by atoms with Crippen molar-refractivity contribution in [2.75, 3.05) is 5.32 Å². The molecule has 2 rings (SSSR count). The first-order valence-electron chi connectivity index (χ1n) is 5.05. The van der Waals surface area contributed by atoms with Crippen LogP contribution in [-0.4, -0.2) is 28.8 Å². The van der Waals surface area contributed by atoms with Gasteiger partial charge in [-0.25, -0.2) is 4.98 Å². The fourth-order valence-corrected chi connectivity index (χ4v) is 3.11. The summed E-state index contributed by atoms with van der Waals surface area (Å²) in [6.45, 7) is 1.43. The molecule has 7 nitrogen and oxygen atoms in total. The molecular formula is C10H9N3O4S2. The van der Waals surface area contributed by atoms with Crippen molar-refractivity contribution in [1.82, 2.24) is 9.97 Å². The van der Waals surface area contributed by atoms with Gasteiger partial charge in [-0.2, -0.15) is 8.42 Å². The van der Waals surface area contributed by atoms with Crippen LogP contribution < -0.4 is 5.32 Å². The van der Waals surface area contributed by atoms with Crippen LogP contribution in [0.1, 0.15) is 16.2 Å². The number of pyridine rings is 1. The smallest absolute Gasteiger partial charge is 0.296 e. The van der Waals surface area contributed by atoms with Gasteiger partial charge in [0, 0.05) is 6.20 Å². The molecule has 0 unspecified atom stereocenters. The zero-order valence-corrected chi connectivity index (χ0v) is 11.3. The molecule has 2 aromatic rings. The first-order chi connectivity index (χ1) is 8.88. The van der Waals surface area contributed by atoms with Gasteiger partial charge in [0.1, 0.15) is 5.69 Å². The monoisotopic (exact) mass is 299 g/mol. The molecule has 0 aliphatic carbocycles. The predicted molar refractivity (Wildman–Crippen MR) is 68.9 cm³/mol. The van der Waals surface area contributed by atoms with Crippen molar-refractivity contribution in [3.8, 4) is 0 Å². The van der Waals surface area contributed by atoms with Gasteiger partial charge >= 0.3 is 10.1 Å². The average molecular weight is 299 g/mol. The van der Waals surface area contributed by atoms with E-state index in [1.807, 2.05) is 0 Å². The van der Waals surface area contributed by atoms with Crippen LogP contribution in [0, 0.1) is 6.92 Å². The number of nitrogens with zero attached hydrogens (tertiary/aromatic N) is 2. The summed E-state index contributed by atoms with van der Waals surface area (Å²) >= 11 is 0.681. The van der Waals surface area contributed by atoms with E-state index < -0.39 is 16.0 Å². The maximum Gasteiger partial charge on any atom is 0.306 e. The van der Waals surface area contributed by atoms with E-state index in [0.717, 1.165) is 0 Å². The molecule has 2 heterocycles. The second-order valence-electron chi connectivity index (χ2n) is 3.54. The van der Waals surface area contributed by atoms with E-state index in [0.29, 0.717) is 11.3 Å². The fourth-order valence-electron chi connectivity index (χ4n) is 1.33. The summed E-state index contributed by atoms with van der Waals surface area (Å²) in [5, 5.41) is 2.51. The number of amides is 1. The summed E-state index contributed by atoms with van der Waals surface area (Å²) in [5.74, 6) is -0.503. The van der Waals surface area contributed by atoms with Gasteiger partial charge in [-0.05, 0) is 19.1 Å². The number of carbonyl (C=O) groups is 1. The predicted octanol–water partition coefficient (Wildman–Crippen LogP) is 1.35. The molecule has 100 valence electrons. The Bertz CT molecular complexity index is 710. The number of hydrogen-bond donors (Lipinski definition) is 2. The van der Waals surface area contributed by atoms with Crippen LogP contribution in [0.15, 0.2) is 28.6 Å². The highest BCUT2D eigenvalue weighted by Crippen LogP contribution is 2.26. The molecule has 0 spiro atoms. The molecule has 0 aromatic carbocycles. The standard InChI is InChI=1S/C10H9N3O4S2/c1-6-9(19(15,16)17)18-10(12-6)13-8(14)7-4-2-3-5-11-7/h2-5H,1H3,(H,12,13,14)(H,15,16,17). The van der Waals surface area contributed by atoms with Gasteiger partial charge in [-0.1, -0.05) is 17.4 Å². The second-order valence-corrected chi connectivity index (χ2v) is 6.15. The Balaban J connectivity index is 2.24. The number of rotatable bonds is 3. The Labute approximate surface area is 113 Å². The highest BCUT2D eigenvalue weighted by Gasteiger charge is 2.20. The average Bonchev–Trinajstić information content (AvgIpc) is 2.71.